The Balaban J connectivity index is 1.79. The van der Waals surface area contributed by atoms with Crippen LogP contribution < -0.4 is 9.47 Å². The first-order chi connectivity index (χ1) is 10.3. The van der Waals surface area contributed by atoms with Gasteiger partial charge in [-0.25, -0.2) is 0 Å². The number of Topliss-reactive ketones (excluding diaryl/α,β-unsaturated/α-hetero) is 1. The summed E-state index contributed by atoms with van der Waals surface area (Å²) in [4.78, 5) is 12.0. The van der Waals surface area contributed by atoms with Gasteiger partial charge in [-0.05, 0) is 29.7 Å². The zero-order valence-corrected chi connectivity index (χ0v) is 12.1. The molecule has 0 aromatic heterocycles. The highest BCUT2D eigenvalue weighted by atomic mass is 16.7. The molecule has 3 heteroatoms. The largest absolute Gasteiger partial charge is 0.454 e. The number of fused-ring (bicyclic) bond motifs is 1. The van der Waals surface area contributed by atoms with Gasteiger partial charge < -0.3 is 9.47 Å². The number of carbonyl (C=O) groups excluding carboxylic acids is 1. The van der Waals surface area contributed by atoms with Crippen LogP contribution in [0.3, 0.4) is 0 Å². The average molecular weight is 282 g/mol. The molecule has 1 aliphatic heterocycles. The third kappa shape index (κ3) is 2.92. The quantitative estimate of drug-likeness (QED) is 0.760. The monoisotopic (exact) mass is 282 g/mol. The fourth-order valence-electron chi connectivity index (χ4n) is 2.41. The summed E-state index contributed by atoms with van der Waals surface area (Å²) in [6.07, 6.45) is 2.61. The Bertz CT molecular complexity index is 644. The zero-order valence-electron chi connectivity index (χ0n) is 12.1. The maximum absolute atomic E-state index is 12.0. The molecule has 0 fully saturated rings. The van der Waals surface area contributed by atoms with Gasteiger partial charge in [-0.3, -0.25) is 4.79 Å². The smallest absolute Gasteiger partial charge is 0.231 e. The number of rotatable bonds is 5. The average Bonchev–Trinajstić information content (AvgIpc) is 3.00. The van der Waals surface area contributed by atoms with Crippen LogP contribution in [0.1, 0.15) is 36.5 Å². The van der Waals surface area contributed by atoms with Crippen LogP contribution in [0.2, 0.25) is 0 Å². The molecule has 1 heterocycles. The van der Waals surface area contributed by atoms with Crippen LogP contribution in [-0.4, -0.2) is 12.6 Å². The number of hydrogen-bond donors (Lipinski definition) is 0. The fourth-order valence-corrected chi connectivity index (χ4v) is 2.41. The molecule has 3 nitrogen and oxygen atoms in total. The lowest BCUT2D eigenvalue weighted by Crippen LogP contribution is -1.98. The highest BCUT2D eigenvalue weighted by Crippen LogP contribution is 2.35. The zero-order chi connectivity index (χ0) is 14.7. The van der Waals surface area contributed by atoms with Gasteiger partial charge in [0, 0.05) is 12.0 Å². The number of benzene rings is 2. The highest BCUT2D eigenvalue weighted by molar-refractivity contribution is 5.96. The third-order valence-corrected chi connectivity index (χ3v) is 3.67. The van der Waals surface area contributed by atoms with Crippen LogP contribution in [0, 0.1) is 0 Å². The number of carbonyl (C=O) groups is 1. The molecular weight excluding hydrogens is 264 g/mol. The van der Waals surface area contributed by atoms with Crippen molar-refractivity contribution in [1.29, 1.82) is 0 Å². The van der Waals surface area contributed by atoms with Gasteiger partial charge in [0.05, 0.1) is 0 Å². The minimum absolute atomic E-state index is 0.217. The second-order valence-corrected chi connectivity index (χ2v) is 5.17. The predicted molar refractivity (Wildman–Crippen MR) is 81.9 cm³/mol. The van der Waals surface area contributed by atoms with E-state index < -0.39 is 0 Å². The van der Waals surface area contributed by atoms with Gasteiger partial charge >= 0.3 is 0 Å². The van der Waals surface area contributed by atoms with Crippen molar-refractivity contribution in [3.8, 4) is 22.6 Å². The molecule has 0 atom stereocenters. The van der Waals surface area contributed by atoms with E-state index in [2.05, 4.69) is 6.92 Å². The van der Waals surface area contributed by atoms with Gasteiger partial charge in [-0.15, -0.1) is 0 Å². The van der Waals surface area contributed by atoms with E-state index in [1.54, 1.807) is 0 Å². The normalized spacial score (nSPS) is 12.4. The molecule has 0 aliphatic carbocycles. The Morgan fingerprint density at radius 1 is 1.00 bits per heavy atom. The molecule has 0 spiro atoms. The van der Waals surface area contributed by atoms with Crippen LogP contribution in [0.5, 0.6) is 11.5 Å². The van der Waals surface area contributed by atoms with E-state index in [-0.39, 0.29) is 12.6 Å². The molecule has 0 radical (unpaired) electrons. The van der Waals surface area contributed by atoms with Crippen molar-refractivity contribution in [2.45, 2.75) is 26.2 Å². The standard InChI is InChI=1S/C18H18O3/c1-2-3-4-16(19)14-7-5-13(6-8-14)15-9-10-17-18(11-15)21-12-20-17/h5-11H,2-4,12H2,1H3. The first kappa shape index (κ1) is 13.7. The minimum atomic E-state index is 0.217. The fraction of sp³-hybridized carbons (Fsp3) is 0.278. The number of hydrogen-bond acceptors (Lipinski definition) is 3. The van der Waals surface area contributed by atoms with Gasteiger partial charge in [-0.1, -0.05) is 43.7 Å². The maximum Gasteiger partial charge on any atom is 0.231 e. The van der Waals surface area contributed by atoms with E-state index in [1.807, 2.05) is 42.5 Å². The van der Waals surface area contributed by atoms with E-state index in [9.17, 15) is 4.79 Å². The molecule has 0 unspecified atom stereocenters. The molecular formula is C18H18O3. The van der Waals surface area contributed by atoms with Crippen molar-refractivity contribution in [2.75, 3.05) is 6.79 Å². The molecule has 0 bridgehead atoms. The van der Waals surface area contributed by atoms with Gasteiger partial charge in [-0.2, -0.15) is 0 Å². The summed E-state index contributed by atoms with van der Waals surface area (Å²) in [5.74, 6) is 1.77. The number of unbranched alkanes of at least 4 members (excludes halogenated alkanes) is 1. The number of ether oxygens (including phenoxy) is 2. The Morgan fingerprint density at radius 2 is 1.71 bits per heavy atom. The van der Waals surface area contributed by atoms with Gasteiger partial charge in [0.1, 0.15) is 0 Å². The Morgan fingerprint density at radius 3 is 2.48 bits per heavy atom. The SMILES string of the molecule is CCCCC(=O)c1ccc(-c2ccc3c(c2)OCO3)cc1. The Kier molecular flexibility index (Phi) is 3.91. The summed E-state index contributed by atoms with van der Waals surface area (Å²) < 4.78 is 10.7. The molecule has 2 aromatic rings. The first-order valence-corrected chi connectivity index (χ1v) is 7.31. The van der Waals surface area contributed by atoms with Crippen LogP contribution in [-0.2, 0) is 0 Å². The van der Waals surface area contributed by atoms with Crippen LogP contribution >= 0.6 is 0 Å². The van der Waals surface area contributed by atoms with Crippen LogP contribution in [0.15, 0.2) is 42.5 Å². The second-order valence-electron chi connectivity index (χ2n) is 5.17. The summed E-state index contributed by atoms with van der Waals surface area (Å²) in [7, 11) is 0. The molecule has 3 rings (SSSR count). The lowest BCUT2D eigenvalue weighted by atomic mass is 10.0. The Labute approximate surface area is 124 Å². The highest BCUT2D eigenvalue weighted by Gasteiger charge is 2.14. The van der Waals surface area contributed by atoms with Crippen molar-refractivity contribution in [1.82, 2.24) is 0 Å². The Hall–Kier alpha value is -2.29. The van der Waals surface area contributed by atoms with E-state index in [1.165, 1.54) is 0 Å². The van der Waals surface area contributed by atoms with Gasteiger partial charge in [0.25, 0.3) is 0 Å². The summed E-state index contributed by atoms with van der Waals surface area (Å²) in [5, 5.41) is 0. The summed E-state index contributed by atoms with van der Waals surface area (Å²) >= 11 is 0. The molecule has 0 amide bonds. The molecule has 108 valence electrons. The van der Waals surface area contributed by atoms with Crippen LogP contribution in [0.25, 0.3) is 11.1 Å². The lowest BCUT2D eigenvalue weighted by molar-refractivity contribution is 0.0980. The van der Waals surface area contributed by atoms with Gasteiger partial charge in [0.2, 0.25) is 6.79 Å². The maximum atomic E-state index is 12.0. The summed E-state index contributed by atoms with van der Waals surface area (Å²) in [6, 6.07) is 13.7. The van der Waals surface area contributed by atoms with Crippen molar-refractivity contribution in [2.24, 2.45) is 0 Å². The lowest BCUT2D eigenvalue weighted by Gasteiger charge is -2.05. The molecule has 0 saturated carbocycles. The van der Waals surface area contributed by atoms with Crippen LogP contribution in [0.4, 0.5) is 0 Å². The topological polar surface area (TPSA) is 35.5 Å². The van der Waals surface area contributed by atoms with Crippen molar-refractivity contribution in [3.63, 3.8) is 0 Å². The third-order valence-electron chi connectivity index (χ3n) is 3.67. The molecule has 1 aliphatic rings. The molecule has 2 aromatic carbocycles. The second kappa shape index (κ2) is 6.00. The van der Waals surface area contributed by atoms with Crippen molar-refractivity contribution in [3.05, 3.63) is 48.0 Å². The van der Waals surface area contributed by atoms with E-state index >= 15 is 0 Å². The molecule has 0 saturated heterocycles. The van der Waals surface area contributed by atoms with E-state index in [0.29, 0.717) is 6.42 Å². The van der Waals surface area contributed by atoms with Crippen molar-refractivity contribution < 1.29 is 14.3 Å². The number of ketones is 1. The summed E-state index contributed by atoms with van der Waals surface area (Å²) in [6.45, 7) is 2.37. The van der Waals surface area contributed by atoms with Crippen molar-refractivity contribution >= 4 is 5.78 Å². The van der Waals surface area contributed by atoms with E-state index in [4.69, 9.17) is 9.47 Å². The predicted octanol–water partition coefficient (Wildman–Crippen LogP) is 4.46. The summed E-state index contributed by atoms with van der Waals surface area (Å²) in [5.41, 5.74) is 2.92. The first-order valence-electron chi connectivity index (χ1n) is 7.31. The van der Waals surface area contributed by atoms with Gasteiger partial charge in [0.15, 0.2) is 17.3 Å². The molecule has 21 heavy (non-hydrogen) atoms. The van der Waals surface area contributed by atoms with E-state index in [0.717, 1.165) is 41.0 Å². The molecule has 0 N–H and O–H groups in total. The minimum Gasteiger partial charge on any atom is -0.454 e.